The van der Waals surface area contributed by atoms with Crippen LogP contribution in [0.25, 0.3) is 0 Å². The standard InChI is InChI=1S/C9H16O2/c1-8(2,6-10)5-9(3,4)7-11/h6-7H,5H2,1-4H3. The highest BCUT2D eigenvalue weighted by molar-refractivity contribution is 5.63. The summed E-state index contributed by atoms with van der Waals surface area (Å²) in [4.78, 5) is 21.0. The Balaban J connectivity index is 4.23. The van der Waals surface area contributed by atoms with E-state index in [1.165, 1.54) is 0 Å². The van der Waals surface area contributed by atoms with Crippen LogP contribution in [0.3, 0.4) is 0 Å². The molecule has 0 aromatic heterocycles. The van der Waals surface area contributed by atoms with E-state index in [1.807, 2.05) is 27.7 Å². The minimum absolute atomic E-state index is 0.385. The first-order valence-electron chi connectivity index (χ1n) is 3.76. The van der Waals surface area contributed by atoms with Crippen molar-refractivity contribution in [2.75, 3.05) is 0 Å². The molecule has 0 aromatic rings. The Hall–Kier alpha value is -0.660. The smallest absolute Gasteiger partial charge is 0.125 e. The van der Waals surface area contributed by atoms with Gasteiger partial charge >= 0.3 is 0 Å². The average Bonchev–Trinajstić information content (AvgIpc) is 1.86. The molecule has 0 aliphatic rings. The summed E-state index contributed by atoms with van der Waals surface area (Å²) in [6.45, 7) is 7.35. The molecule has 0 rings (SSSR count). The fraction of sp³-hybridized carbons (Fsp3) is 0.778. The lowest BCUT2D eigenvalue weighted by Gasteiger charge is -2.25. The Kier molecular flexibility index (Phi) is 2.97. The normalized spacial score (nSPS) is 12.7. The highest BCUT2D eigenvalue weighted by Gasteiger charge is 2.27. The van der Waals surface area contributed by atoms with Gasteiger partial charge in [0.2, 0.25) is 0 Å². The number of hydrogen-bond donors (Lipinski definition) is 0. The largest absolute Gasteiger partial charge is 0.303 e. The van der Waals surface area contributed by atoms with E-state index in [0.717, 1.165) is 12.6 Å². The SMILES string of the molecule is CC(C)(C=O)CC(C)(C)C=O. The van der Waals surface area contributed by atoms with E-state index in [-0.39, 0.29) is 10.8 Å². The summed E-state index contributed by atoms with van der Waals surface area (Å²) in [6.07, 6.45) is 2.41. The van der Waals surface area contributed by atoms with Crippen LogP contribution in [0, 0.1) is 10.8 Å². The Labute approximate surface area is 68.0 Å². The molecule has 2 nitrogen and oxygen atoms in total. The van der Waals surface area contributed by atoms with E-state index in [4.69, 9.17) is 0 Å². The summed E-state index contributed by atoms with van der Waals surface area (Å²) >= 11 is 0. The molecule has 0 N–H and O–H groups in total. The Morgan fingerprint density at radius 2 is 1.18 bits per heavy atom. The van der Waals surface area contributed by atoms with E-state index in [2.05, 4.69) is 0 Å². The molecule has 0 saturated heterocycles. The van der Waals surface area contributed by atoms with Gasteiger partial charge in [-0.15, -0.1) is 0 Å². The van der Waals surface area contributed by atoms with Crippen molar-refractivity contribution in [3.8, 4) is 0 Å². The number of carbonyl (C=O) groups is 2. The van der Waals surface area contributed by atoms with Gasteiger partial charge in [0.25, 0.3) is 0 Å². The third kappa shape index (κ3) is 3.91. The van der Waals surface area contributed by atoms with Crippen LogP contribution in [-0.2, 0) is 9.59 Å². The monoisotopic (exact) mass is 156 g/mol. The summed E-state index contributed by atoms with van der Waals surface area (Å²) in [5.41, 5.74) is -0.769. The highest BCUT2D eigenvalue weighted by atomic mass is 16.1. The molecule has 0 fully saturated rings. The highest BCUT2D eigenvalue weighted by Crippen LogP contribution is 2.29. The fourth-order valence-corrected chi connectivity index (χ4v) is 1.26. The Bertz CT molecular complexity index is 139. The molecular formula is C9H16O2. The van der Waals surface area contributed by atoms with E-state index in [1.54, 1.807) is 0 Å². The van der Waals surface area contributed by atoms with Gasteiger partial charge in [0, 0.05) is 10.8 Å². The van der Waals surface area contributed by atoms with Crippen LogP contribution in [0.15, 0.2) is 0 Å². The summed E-state index contributed by atoms with van der Waals surface area (Å²) in [5.74, 6) is 0. The molecule has 11 heavy (non-hydrogen) atoms. The van der Waals surface area contributed by atoms with Crippen molar-refractivity contribution in [3.05, 3.63) is 0 Å². The lowest BCUT2D eigenvalue weighted by molar-refractivity contribution is -0.120. The van der Waals surface area contributed by atoms with E-state index in [0.29, 0.717) is 6.42 Å². The van der Waals surface area contributed by atoms with Gasteiger partial charge in [-0.05, 0) is 6.42 Å². The molecule has 0 spiro atoms. The molecule has 0 bridgehead atoms. The first-order valence-corrected chi connectivity index (χ1v) is 3.76. The predicted molar refractivity (Wildman–Crippen MR) is 44.3 cm³/mol. The molecule has 0 aromatic carbocycles. The fourth-order valence-electron chi connectivity index (χ4n) is 1.26. The lowest BCUT2D eigenvalue weighted by atomic mass is 9.77. The van der Waals surface area contributed by atoms with Crippen LogP contribution < -0.4 is 0 Å². The molecule has 64 valence electrons. The van der Waals surface area contributed by atoms with Gasteiger partial charge in [-0.3, -0.25) is 0 Å². The minimum atomic E-state index is -0.385. The van der Waals surface area contributed by atoms with Crippen LogP contribution in [0.1, 0.15) is 34.1 Å². The average molecular weight is 156 g/mol. The van der Waals surface area contributed by atoms with Crippen molar-refractivity contribution >= 4 is 12.6 Å². The molecule has 0 aliphatic heterocycles. The number of rotatable bonds is 4. The maximum atomic E-state index is 10.5. The quantitative estimate of drug-likeness (QED) is 0.582. The van der Waals surface area contributed by atoms with Crippen LogP contribution >= 0.6 is 0 Å². The summed E-state index contributed by atoms with van der Waals surface area (Å²) in [6, 6.07) is 0. The van der Waals surface area contributed by atoms with Gasteiger partial charge in [-0.1, -0.05) is 27.7 Å². The molecule has 0 radical (unpaired) electrons. The number of carbonyl (C=O) groups excluding carboxylic acids is 2. The van der Waals surface area contributed by atoms with Gasteiger partial charge in [0.1, 0.15) is 12.6 Å². The molecule has 0 amide bonds. The summed E-state index contributed by atoms with van der Waals surface area (Å²) in [5, 5.41) is 0. The van der Waals surface area contributed by atoms with Gasteiger partial charge < -0.3 is 9.59 Å². The van der Waals surface area contributed by atoms with E-state index < -0.39 is 0 Å². The van der Waals surface area contributed by atoms with Crippen LogP contribution in [0.5, 0.6) is 0 Å². The van der Waals surface area contributed by atoms with Crippen molar-refractivity contribution in [2.24, 2.45) is 10.8 Å². The van der Waals surface area contributed by atoms with Crippen molar-refractivity contribution in [1.82, 2.24) is 0 Å². The maximum Gasteiger partial charge on any atom is 0.125 e. The van der Waals surface area contributed by atoms with Crippen molar-refractivity contribution in [2.45, 2.75) is 34.1 Å². The molecule has 2 heteroatoms. The zero-order chi connectivity index (χ0) is 9.12. The van der Waals surface area contributed by atoms with E-state index >= 15 is 0 Å². The summed E-state index contributed by atoms with van der Waals surface area (Å²) in [7, 11) is 0. The van der Waals surface area contributed by atoms with Gasteiger partial charge in [-0.2, -0.15) is 0 Å². The first-order chi connectivity index (χ1) is 4.83. The number of aldehydes is 2. The Morgan fingerprint density at radius 3 is 1.36 bits per heavy atom. The van der Waals surface area contributed by atoms with Gasteiger partial charge in [0.05, 0.1) is 0 Å². The third-order valence-corrected chi connectivity index (χ3v) is 1.55. The second kappa shape index (κ2) is 3.16. The second-order valence-electron chi connectivity index (χ2n) is 4.39. The molecule has 0 aliphatic carbocycles. The number of hydrogen-bond acceptors (Lipinski definition) is 2. The molecule has 0 heterocycles. The second-order valence-corrected chi connectivity index (χ2v) is 4.39. The van der Waals surface area contributed by atoms with Crippen LogP contribution in [0.2, 0.25) is 0 Å². The van der Waals surface area contributed by atoms with E-state index in [9.17, 15) is 9.59 Å². The Morgan fingerprint density at radius 1 is 0.909 bits per heavy atom. The van der Waals surface area contributed by atoms with Crippen LogP contribution in [0.4, 0.5) is 0 Å². The topological polar surface area (TPSA) is 34.1 Å². The molecule has 0 atom stereocenters. The van der Waals surface area contributed by atoms with Crippen molar-refractivity contribution < 1.29 is 9.59 Å². The lowest BCUT2D eigenvalue weighted by Crippen LogP contribution is -2.25. The third-order valence-electron chi connectivity index (χ3n) is 1.55. The zero-order valence-corrected chi connectivity index (χ0v) is 7.68. The van der Waals surface area contributed by atoms with Crippen LogP contribution in [-0.4, -0.2) is 12.6 Å². The van der Waals surface area contributed by atoms with Crippen molar-refractivity contribution in [1.29, 1.82) is 0 Å². The zero-order valence-electron chi connectivity index (χ0n) is 7.68. The molecular weight excluding hydrogens is 140 g/mol. The molecule has 0 saturated carbocycles. The predicted octanol–water partition coefficient (Wildman–Crippen LogP) is 1.83. The molecule has 0 unspecified atom stereocenters. The van der Waals surface area contributed by atoms with Gasteiger partial charge in [-0.25, -0.2) is 0 Å². The first kappa shape index (κ1) is 10.3. The van der Waals surface area contributed by atoms with Gasteiger partial charge in [0.15, 0.2) is 0 Å². The minimum Gasteiger partial charge on any atom is -0.303 e. The van der Waals surface area contributed by atoms with Crippen molar-refractivity contribution in [3.63, 3.8) is 0 Å². The maximum absolute atomic E-state index is 10.5. The summed E-state index contributed by atoms with van der Waals surface area (Å²) < 4.78 is 0.